The summed E-state index contributed by atoms with van der Waals surface area (Å²) >= 11 is 0. The summed E-state index contributed by atoms with van der Waals surface area (Å²) in [6.45, 7) is 7.43. The fraction of sp³-hybridized carbons (Fsp3) is 0.600. The van der Waals surface area contributed by atoms with Crippen LogP contribution in [0.4, 0.5) is 0 Å². The first-order valence-corrected chi connectivity index (χ1v) is 9.85. The van der Waals surface area contributed by atoms with Gasteiger partial charge in [0.25, 0.3) is 0 Å². The van der Waals surface area contributed by atoms with Crippen LogP contribution in [0.1, 0.15) is 54.5 Å². The van der Waals surface area contributed by atoms with E-state index >= 15 is 0 Å². The summed E-state index contributed by atoms with van der Waals surface area (Å²) < 4.78 is 1.80. The smallest absolute Gasteiger partial charge is 0.247 e. The van der Waals surface area contributed by atoms with Crippen LogP contribution in [0.3, 0.4) is 0 Å². The zero-order valence-electron chi connectivity index (χ0n) is 16.4. The minimum absolute atomic E-state index is 0.148. The Bertz CT molecular complexity index is 824. The highest BCUT2D eigenvalue weighted by atomic mass is 16.2. The number of carbonyl (C=O) groups is 1. The maximum Gasteiger partial charge on any atom is 0.247 e. The van der Waals surface area contributed by atoms with Crippen LogP contribution in [0, 0.1) is 6.92 Å². The Morgan fingerprint density at radius 1 is 1.26 bits per heavy atom. The van der Waals surface area contributed by atoms with E-state index in [1.54, 1.807) is 10.9 Å². The van der Waals surface area contributed by atoms with Gasteiger partial charge >= 0.3 is 0 Å². The van der Waals surface area contributed by atoms with Crippen molar-refractivity contribution in [3.05, 3.63) is 41.2 Å². The van der Waals surface area contributed by atoms with E-state index in [1.165, 1.54) is 11.3 Å². The van der Waals surface area contributed by atoms with Gasteiger partial charge in [0.15, 0.2) is 0 Å². The number of nitrogens with zero attached hydrogens (tertiary/aromatic N) is 6. The predicted molar refractivity (Wildman–Crippen MR) is 102 cm³/mol. The highest BCUT2D eigenvalue weighted by Crippen LogP contribution is 2.28. The van der Waals surface area contributed by atoms with Crippen molar-refractivity contribution in [2.45, 2.75) is 51.6 Å². The number of aryl methyl sites for hydroxylation is 1. The Labute approximate surface area is 160 Å². The lowest BCUT2D eigenvalue weighted by molar-refractivity contribution is -0.135. The number of fused-ring (bicyclic) bond motifs is 1. The maximum absolute atomic E-state index is 12.8. The second-order valence-electron chi connectivity index (χ2n) is 7.88. The number of likely N-dealkylation sites (tertiary alicyclic amines) is 1. The van der Waals surface area contributed by atoms with Crippen molar-refractivity contribution in [2.24, 2.45) is 0 Å². The van der Waals surface area contributed by atoms with E-state index in [0.29, 0.717) is 5.92 Å². The molecule has 2 aliphatic heterocycles. The number of hydrogen-bond acceptors (Lipinski definition) is 5. The monoisotopic (exact) mass is 368 g/mol. The van der Waals surface area contributed by atoms with Gasteiger partial charge in [-0.1, -0.05) is 0 Å². The number of hydrogen-bond donors (Lipinski definition) is 0. The van der Waals surface area contributed by atoms with Gasteiger partial charge in [0, 0.05) is 67.9 Å². The molecule has 1 atom stereocenters. The van der Waals surface area contributed by atoms with Gasteiger partial charge in [-0.05, 0) is 39.8 Å². The molecule has 0 aliphatic carbocycles. The molecule has 27 heavy (non-hydrogen) atoms. The summed E-state index contributed by atoms with van der Waals surface area (Å²) in [5, 5.41) is 4.29. The van der Waals surface area contributed by atoms with E-state index in [1.807, 2.05) is 31.0 Å². The first-order chi connectivity index (χ1) is 13.0. The van der Waals surface area contributed by atoms with Crippen LogP contribution in [-0.4, -0.2) is 62.1 Å². The third-order valence-corrected chi connectivity index (χ3v) is 5.91. The minimum atomic E-state index is -0.256. The van der Waals surface area contributed by atoms with Gasteiger partial charge in [-0.15, -0.1) is 0 Å². The van der Waals surface area contributed by atoms with Gasteiger partial charge in [-0.3, -0.25) is 9.48 Å². The lowest BCUT2D eigenvalue weighted by atomic mass is 9.95. The molecule has 7 heteroatoms. The van der Waals surface area contributed by atoms with Crippen molar-refractivity contribution in [1.82, 2.24) is 29.5 Å². The van der Waals surface area contributed by atoms with Gasteiger partial charge in [-0.2, -0.15) is 5.10 Å². The van der Waals surface area contributed by atoms with Crippen molar-refractivity contribution in [1.29, 1.82) is 0 Å². The van der Waals surface area contributed by atoms with Crippen LogP contribution >= 0.6 is 0 Å². The summed E-state index contributed by atoms with van der Waals surface area (Å²) in [5.74, 6) is 1.46. The Morgan fingerprint density at radius 2 is 2.04 bits per heavy atom. The number of rotatable bonds is 3. The Morgan fingerprint density at radius 3 is 2.74 bits per heavy atom. The van der Waals surface area contributed by atoms with Gasteiger partial charge in [-0.25, -0.2) is 9.97 Å². The molecule has 4 rings (SSSR count). The molecule has 4 heterocycles. The number of aromatic nitrogens is 4. The zero-order chi connectivity index (χ0) is 19.0. The largest absolute Gasteiger partial charge is 0.341 e. The fourth-order valence-corrected chi connectivity index (χ4v) is 4.18. The number of likely N-dealkylation sites (N-methyl/N-ethyl adjacent to an activating group) is 1. The molecule has 2 aromatic heterocycles. The molecule has 1 fully saturated rings. The summed E-state index contributed by atoms with van der Waals surface area (Å²) in [6.07, 6.45) is 6.61. The van der Waals surface area contributed by atoms with Crippen LogP contribution < -0.4 is 0 Å². The SMILES string of the molecule is Cc1ccnn1[C@@H](C)C(=O)N1CCC(c2ncc3c(n2)CCN(C)C3)CC1. The summed E-state index contributed by atoms with van der Waals surface area (Å²) in [4.78, 5) is 26.6. The lowest BCUT2D eigenvalue weighted by Gasteiger charge is -2.33. The van der Waals surface area contributed by atoms with Crippen molar-refractivity contribution >= 4 is 5.91 Å². The molecule has 0 spiro atoms. The number of piperidine rings is 1. The molecule has 0 bridgehead atoms. The van der Waals surface area contributed by atoms with E-state index in [0.717, 1.165) is 57.0 Å². The Balaban J connectivity index is 1.39. The molecule has 1 amide bonds. The Hall–Kier alpha value is -2.28. The van der Waals surface area contributed by atoms with Crippen LogP contribution in [0.25, 0.3) is 0 Å². The molecule has 1 saturated heterocycles. The molecule has 7 nitrogen and oxygen atoms in total. The molecule has 144 valence electrons. The van der Waals surface area contributed by atoms with Gasteiger partial charge in [0.05, 0.1) is 0 Å². The van der Waals surface area contributed by atoms with Gasteiger partial charge in [0.1, 0.15) is 11.9 Å². The maximum atomic E-state index is 12.8. The summed E-state index contributed by atoms with van der Waals surface area (Å²) in [6, 6.07) is 1.68. The third kappa shape index (κ3) is 3.60. The highest BCUT2D eigenvalue weighted by molar-refractivity contribution is 5.80. The quantitative estimate of drug-likeness (QED) is 0.828. The number of carbonyl (C=O) groups excluding carboxylic acids is 1. The van der Waals surface area contributed by atoms with E-state index < -0.39 is 0 Å². The predicted octanol–water partition coefficient (Wildman–Crippen LogP) is 1.94. The van der Waals surface area contributed by atoms with Crippen LogP contribution in [-0.2, 0) is 17.8 Å². The minimum Gasteiger partial charge on any atom is -0.341 e. The van der Waals surface area contributed by atoms with Crippen molar-refractivity contribution in [2.75, 3.05) is 26.7 Å². The first kappa shape index (κ1) is 18.1. The van der Waals surface area contributed by atoms with Gasteiger partial charge < -0.3 is 9.80 Å². The van der Waals surface area contributed by atoms with Gasteiger partial charge in [0.2, 0.25) is 5.91 Å². The third-order valence-electron chi connectivity index (χ3n) is 5.91. The summed E-state index contributed by atoms with van der Waals surface area (Å²) in [7, 11) is 2.13. The molecule has 0 unspecified atom stereocenters. The molecule has 2 aromatic rings. The molecule has 0 radical (unpaired) electrons. The zero-order valence-corrected chi connectivity index (χ0v) is 16.4. The highest BCUT2D eigenvalue weighted by Gasteiger charge is 2.29. The molecule has 0 aromatic carbocycles. The fourth-order valence-electron chi connectivity index (χ4n) is 4.18. The van der Waals surface area contributed by atoms with Crippen molar-refractivity contribution in [3.63, 3.8) is 0 Å². The topological polar surface area (TPSA) is 67.2 Å². The second kappa shape index (κ2) is 7.38. The molecular weight excluding hydrogens is 340 g/mol. The molecular formula is C20H28N6O. The van der Waals surface area contributed by atoms with E-state index in [2.05, 4.69) is 22.0 Å². The first-order valence-electron chi connectivity index (χ1n) is 9.85. The van der Waals surface area contributed by atoms with E-state index in [9.17, 15) is 4.79 Å². The average Bonchev–Trinajstić information content (AvgIpc) is 3.12. The van der Waals surface area contributed by atoms with Crippen LogP contribution in [0.15, 0.2) is 18.5 Å². The number of amides is 1. The second-order valence-corrected chi connectivity index (χ2v) is 7.88. The molecule has 2 aliphatic rings. The standard InChI is InChI=1S/C20H28N6O/c1-14-4-8-22-26(14)15(2)20(27)25-10-5-16(6-11-25)19-21-12-17-13-24(3)9-7-18(17)23-19/h4,8,12,15-16H,5-7,9-11,13H2,1-3H3/t15-/m0/s1. The van der Waals surface area contributed by atoms with Crippen LogP contribution in [0.2, 0.25) is 0 Å². The molecule has 0 saturated carbocycles. The van der Waals surface area contributed by atoms with Crippen molar-refractivity contribution in [3.8, 4) is 0 Å². The summed E-state index contributed by atoms with van der Waals surface area (Å²) in [5.41, 5.74) is 3.47. The van der Waals surface area contributed by atoms with E-state index in [-0.39, 0.29) is 11.9 Å². The van der Waals surface area contributed by atoms with Crippen LogP contribution in [0.5, 0.6) is 0 Å². The van der Waals surface area contributed by atoms with Crippen molar-refractivity contribution < 1.29 is 4.79 Å². The van der Waals surface area contributed by atoms with E-state index in [4.69, 9.17) is 4.98 Å². The Kier molecular flexibility index (Phi) is 4.95. The normalized spacial score (nSPS) is 19.7. The lowest BCUT2D eigenvalue weighted by Crippen LogP contribution is -2.42. The average molecular weight is 368 g/mol. The molecule has 0 N–H and O–H groups in total.